The predicted octanol–water partition coefficient (Wildman–Crippen LogP) is 5.41. The van der Waals surface area contributed by atoms with Gasteiger partial charge in [-0.3, -0.25) is 4.79 Å². The summed E-state index contributed by atoms with van der Waals surface area (Å²) < 4.78 is 11.3. The first-order valence-electron chi connectivity index (χ1n) is 13.3. The maximum absolute atomic E-state index is 13.2. The molecule has 1 aliphatic carbocycles. The fourth-order valence-electron chi connectivity index (χ4n) is 5.24. The molecule has 1 atom stereocenters. The molecule has 0 aliphatic heterocycles. The van der Waals surface area contributed by atoms with E-state index in [-0.39, 0.29) is 12.1 Å². The molecule has 0 heterocycles. The van der Waals surface area contributed by atoms with Gasteiger partial charge in [-0.25, -0.2) is 4.79 Å². The van der Waals surface area contributed by atoms with Crippen molar-refractivity contribution in [3.63, 3.8) is 0 Å². The predicted molar refractivity (Wildman–Crippen MR) is 148 cm³/mol. The lowest BCUT2D eigenvalue weighted by Crippen LogP contribution is -2.49. The number of amides is 1. The number of nitrogens with one attached hydrogen (secondary N) is 1. The molecule has 2 aromatic rings. The minimum Gasteiger partial charge on any atom is -0.496 e. The van der Waals surface area contributed by atoms with Crippen LogP contribution in [0.1, 0.15) is 63.5 Å². The number of methoxy groups -OCH3 is 2. The fraction of sp³-hybridized carbons (Fsp3) is 0.500. The molecule has 1 saturated carbocycles. The van der Waals surface area contributed by atoms with Crippen LogP contribution in [0.4, 0.5) is 0 Å². The van der Waals surface area contributed by atoms with E-state index in [2.05, 4.69) is 17.4 Å². The van der Waals surface area contributed by atoms with Crippen LogP contribution in [0.3, 0.4) is 0 Å². The summed E-state index contributed by atoms with van der Waals surface area (Å²) in [7, 11) is 4.67. The number of aryl methyl sites for hydroxylation is 1. The number of rotatable bonds is 12. The average Bonchev–Trinajstić information content (AvgIpc) is 2.91. The third kappa shape index (κ3) is 6.85. The molecule has 2 aromatic carbocycles. The van der Waals surface area contributed by atoms with Gasteiger partial charge in [0, 0.05) is 11.8 Å². The Hall–Kier alpha value is -3.55. The third-order valence-electron chi connectivity index (χ3n) is 7.32. The van der Waals surface area contributed by atoms with Crippen molar-refractivity contribution in [1.29, 1.82) is 0 Å². The molecular weight excluding hydrogens is 484 g/mol. The molecule has 8 nitrogen and oxygen atoms in total. The molecule has 206 valence electrons. The summed E-state index contributed by atoms with van der Waals surface area (Å²) in [5, 5.41) is 16.6. The van der Waals surface area contributed by atoms with Crippen LogP contribution in [-0.4, -0.2) is 50.1 Å². The molecule has 38 heavy (non-hydrogen) atoms. The van der Waals surface area contributed by atoms with E-state index < -0.39 is 23.3 Å². The van der Waals surface area contributed by atoms with Crippen molar-refractivity contribution in [2.45, 2.75) is 71.3 Å². The van der Waals surface area contributed by atoms with Crippen molar-refractivity contribution >= 4 is 17.6 Å². The second kappa shape index (κ2) is 13.3. The Morgan fingerprint density at radius 1 is 1.00 bits per heavy atom. The standard InChI is InChI=1S/C30H40N2O6/c1-6-10-21-18-24(36-3)26(25(19-21)37-4)22-13-11-20(12-14-22)17-23(29(34)35)31-28(33)27(32-38-5)30(2)15-8-7-9-16-30/h11-14,18-19,23H,6-10,15-17H2,1-5H3,(H,31,33)(H,34,35)/t23-/m0/s1. The largest absolute Gasteiger partial charge is 0.496 e. The molecule has 0 radical (unpaired) electrons. The normalized spacial score (nSPS) is 15.9. The number of carboxylic acids is 1. The highest BCUT2D eigenvalue weighted by Gasteiger charge is 2.38. The SMILES string of the molecule is CCCc1cc(OC)c(-c2ccc(C[C@H](NC(=O)C(=NOC)C3(C)CCCCC3)C(=O)O)cc2)c(OC)c1. The highest BCUT2D eigenvalue weighted by molar-refractivity contribution is 6.41. The minimum absolute atomic E-state index is 0.127. The zero-order valence-corrected chi connectivity index (χ0v) is 23.1. The summed E-state index contributed by atoms with van der Waals surface area (Å²) in [6.07, 6.45) is 6.80. The second-order valence-electron chi connectivity index (χ2n) is 10.1. The quantitative estimate of drug-likeness (QED) is 0.284. The number of carbonyl (C=O) groups is 2. The van der Waals surface area contributed by atoms with Crippen LogP contribution in [0.2, 0.25) is 0 Å². The molecule has 0 aromatic heterocycles. The van der Waals surface area contributed by atoms with Crippen LogP contribution < -0.4 is 14.8 Å². The summed E-state index contributed by atoms with van der Waals surface area (Å²) in [5.74, 6) is -0.167. The zero-order valence-electron chi connectivity index (χ0n) is 23.1. The van der Waals surface area contributed by atoms with Gasteiger partial charge in [0.15, 0.2) is 5.71 Å². The van der Waals surface area contributed by atoms with E-state index in [1.54, 1.807) is 14.2 Å². The highest BCUT2D eigenvalue weighted by Crippen LogP contribution is 2.40. The van der Waals surface area contributed by atoms with Crippen LogP contribution in [0.15, 0.2) is 41.6 Å². The molecule has 1 fully saturated rings. The van der Waals surface area contributed by atoms with Crippen molar-refractivity contribution in [3.05, 3.63) is 47.5 Å². The van der Waals surface area contributed by atoms with Gasteiger partial charge in [-0.05, 0) is 48.1 Å². The number of hydrogen-bond acceptors (Lipinski definition) is 6. The Kier molecular flexibility index (Phi) is 10.2. The molecule has 1 amide bonds. The van der Waals surface area contributed by atoms with Crippen LogP contribution in [-0.2, 0) is 27.3 Å². The van der Waals surface area contributed by atoms with Crippen LogP contribution in [0.25, 0.3) is 11.1 Å². The fourth-order valence-corrected chi connectivity index (χ4v) is 5.24. The van der Waals surface area contributed by atoms with Crippen LogP contribution in [0, 0.1) is 5.41 Å². The number of hydrogen-bond donors (Lipinski definition) is 2. The Bertz CT molecular complexity index is 1110. The van der Waals surface area contributed by atoms with Crippen molar-refractivity contribution < 1.29 is 29.0 Å². The number of aliphatic carboxylic acids is 1. The third-order valence-corrected chi connectivity index (χ3v) is 7.32. The van der Waals surface area contributed by atoms with Gasteiger partial charge in [-0.1, -0.05) is 69.0 Å². The van der Waals surface area contributed by atoms with Gasteiger partial charge in [0.1, 0.15) is 24.7 Å². The first-order valence-corrected chi connectivity index (χ1v) is 13.3. The van der Waals surface area contributed by atoms with E-state index in [4.69, 9.17) is 14.3 Å². The molecule has 0 unspecified atom stereocenters. The Balaban J connectivity index is 1.81. The Morgan fingerprint density at radius 3 is 2.11 bits per heavy atom. The smallest absolute Gasteiger partial charge is 0.326 e. The van der Waals surface area contributed by atoms with Gasteiger partial charge in [0.05, 0.1) is 19.8 Å². The van der Waals surface area contributed by atoms with Crippen molar-refractivity contribution in [2.24, 2.45) is 10.6 Å². The van der Waals surface area contributed by atoms with E-state index in [1.807, 2.05) is 43.3 Å². The average molecular weight is 525 g/mol. The Labute approximate surface area is 225 Å². The van der Waals surface area contributed by atoms with E-state index in [9.17, 15) is 14.7 Å². The number of nitrogens with zero attached hydrogens (tertiary/aromatic N) is 1. The lowest BCUT2D eigenvalue weighted by Gasteiger charge is -2.33. The molecule has 1 aliphatic rings. The van der Waals surface area contributed by atoms with Crippen LogP contribution in [0.5, 0.6) is 11.5 Å². The van der Waals surface area contributed by atoms with Gasteiger partial charge >= 0.3 is 5.97 Å². The number of ether oxygens (including phenoxy) is 2. The molecule has 3 rings (SSSR count). The highest BCUT2D eigenvalue weighted by atomic mass is 16.6. The van der Waals surface area contributed by atoms with E-state index in [0.29, 0.717) is 0 Å². The lowest BCUT2D eigenvalue weighted by molar-refractivity contribution is -0.141. The van der Waals surface area contributed by atoms with Crippen molar-refractivity contribution in [2.75, 3.05) is 21.3 Å². The topological polar surface area (TPSA) is 106 Å². The first-order chi connectivity index (χ1) is 18.3. The second-order valence-corrected chi connectivity index (χ2v) is 10.1. The molecule has 8 heteroatoms. The number of carbonyl (C=O) groups excluding carboxylic acids is 1. The monoisotopic (exact) mass is 524 g/mol. The van der Waals surface area contributed by atoms with E-state index in [0.717, 1.165) is 78.7 Å². The Morgan fingerprint density at radius 2 is 1.61 bits per heavy atom. The summed E-state index contributed by atoms with van der Waals surface area (Å²) in [6.45, 7) is 4.12. The molecular formula is C30H40N2O6. The lowest BCUT2D eigenvalue weighted by atomic mass is 9.72. The summed E-state index contributed by atoms with van der Waals surface area (Å²) in [4.78, 5) is 30.3. The van der Waals surface area contributed by atoms with Gasteiger partial charge in [0.25, 0.3) is 5.91 Å². The molecule has 0 spiro atoms. The molecule has 2 N–H and O–H groups in total. The van der Waals surface area contributed by atoms with Crippen molar-refractivity contribution in [3.8, 4) is 22.6 Å². The van der Waals surface area contributed by atoms with Gasteiger partial charge in [0.2, 0.25) is 0 Å². The van der Waals surface area contributed by atoms with E-state index >= 15 is 0 Å². The maximum Gasteiger partial charge on any atom is 0.326 e. The van der Waals surface area contributed by atoms with Crippen LogP contribution >= 0.6 is 0 Å². The minimum atomic E-state index is -1.11. The van der Waals surface area contributed by atoms with Gasteiger partial charge in [-0.2, -0.15) is 0 Å². The number of benzene rings is 2. The maximum atomic E-state index is 13.2. The molecule has 0 saturated heterocycles. The van der Waals surface area contributed by atoms with E-state index in [1.165, 1.54) is 7.11 Å². The summed E-state index contributed by atoms with van der Waals surface area (Å²) in [5.41, 5.74) is 3.46. The first kappa shape index (κ1) is 29.0. The summed E-state index contributed by atoms with van der Waals surface area (Å²) >= 11 is 0. The number of oxime groups is 1. The van der Waals surface area contributed by atoms with Gasteiger partial charge < -0.3 is 24.7 Å². The number of carboxylic acid groups (broad SMARTS) is 1. The summed E-state index contributed by atoms with van der Waals surface area (Å²) in [6, 6.07) is 10.5. The zero-order chi connectivity index (χ0) is 27.7. The van der Waals surface area contributed by atoms with Gasteiger partial charge in [-0.15, -0.1) is 0 Å². The van der Waals surface area contributed by atoms with Crippen molar-refractivity contribution in [1.82, 2.24) is 5.32 Å². The molecule has 0 bridgehead atoms.